The second kappa shape index (κ2) is 8.51. The van der Waals surface area contributed by atoms with Gasteiger partial charge in [0.1, 0.15) is 17.8 Å². The Morgan fingerprint density at radius 3 is 2.25 bits per heavy atom. The number of aromatic nitrogens is 2. The summed E-state index contributed by atoms with van der Waals surface area (Å²) >= 11 is 0. The minimum Gasteiger partial charge on any atom is -0.350 e. The van der Waals surface area contributed by atoms with Crippen molar-refractivity contribution in [3.63, 3.8) is 0 Å². The molecule has 1 saturated heterocycles. The molecule has 1 N–H and O–H groups in total. The van der Waals surface area contributed by atoms with Crippen molar-refractivity contribution in [2.24, 2.45) is 5.92 Å². The highest BCUT2D eigenvalue weighted by Crippen LogP contribution is 2.40. The second-order valence-electron chi connectivity index (χ2n) is 9.21. The number of anilines is 1. The summed E-state index contributed by atoms with van der Waals surface area (Å²) in [7, 11) is 0. The molecule has 2 amide bonds. The fourth-order valence-corrected chi connectivity index (χ4v) is 4.89. The first-order valence-corrected chi connectivity index (χ1v) is 11.6. The number of nitrogens with one attached hydrogen (secondary N) is 1. The average Bonchev–Trinajstić information content (AvgIpc) is 3.32. The summed E-state index contributed by atoms with van der Waals surface area (Å²) in [5.41, 5.74) is 2.70. The molecule has 0 radical (unpaired) electrons. The summed E-state index contributed by atoms with van der Waals surface area (Å²) in [6.07, 6.45) is 0.724. The Labute approximate surface area is 204 Å². The van der Waals surface area contributed by atoms with Crippen LogP contribution >= 0.6 is 0 Å². The van der Waals surface area contributed by atoms with Gasteiger partial charge < -0.3 is 10.2 Å². The first-order valence-electron chi connectivity index (χ1n) is 11.6. The molecule has 4 aromatic rings. The van der Waals surface area contributed by atoms with Gasteiger partial charge >= 0.3 is 0 Å². The summed E-state index contributed by atoms with van der Waals surface area (Å²) in [5, 5.41) is 8.02. The van der Waals surface area contributed by atoms with Crippen molar-refractivity contribution >= 4 is 28.4 Å². The average molecular weight is 490 g/mol. The Hall–Kier alpha value is -4.14. The molecule has 0 unspecified atom stereocenters. The zero-order chi connectivity index (χ0) is 25.0. The molecule has 36 heavy (non-hydrogen) atoms. The molecule has 2 fully saturated rings. The van der Waals surface area contributed by atoms with Crippen molar-refractivity contribution in [2.75, 3.05) is 4.90 Å². The molecule has 6 rings (SSSR count). The summed E-state index contributed by atoms with van der Waals surface area (Å²) in [5.74, 6) is -2.07. The van der Waals surface area contributed by atoms with E-state index in [0.717, 1.165) is 10.9 Å². The lowest BCUT2D eigenvalue weighted by Crippen LogP contribution is -2.41. The molecule has 0 bridgehead atoms. The van der Waals surface area contributed by atoms with E-state index < -0.39 is 35.9 Å². The minimum absolute atomic E-state index is 0.0321. The lowest BCUT2D eigenvalue weighted by Gasteiger charge is -2.29. The Bertz CT molecular complexity index is 1470. The van der Waals surface area contributed by atoms with Crippen LogP contribution < -0.4 is 10.2 Å². The predicted molar refractivity (Wildman–Crippen MR) is 127 cm³/mol. The van der Waals surface area contributed by atoms with Gasteiger partial charge in [-0.1, -0.05) is 12.1 Å². The Morgan fingerprint density at radius 2 is 1.58 bits per heavy atom. The lowest BCUT2D eigenvalue weighted by atomic mass is 9.99. The van der Waals surface area contributed by atoms with E-state index >= 15 is 0 Å². The molecule has 4 atom stereocenters. The summed E-state index contributed by atoms with van der Waals surface area (Å²) in [4.78, 5) is 27.3. The smallest absolute Gasteiger partial charge is 0.229 e. The highest BCUT2D eigenvalue weighted by Gasteiger charge is 2.48. The van der Waals surface area contributed by atoms with Gasteiger partial charge in [-0.3, -0.25) is 9.59 Å². The first kappa shape index (κ1) is 22.3. The van der Waals surface area contributed by atoms with E-state index in [9.17, 15) is 22.8 Å². The lowest BCUT2D eigenvalue weighted by molar-refractivity contribution is -0.123. The van der Waals surface area contributed by atoms with Crippen LogP contribution in [-0.4, -0.2) is 33.8 Å². The van der Waals surface area contributed by atoms with Crippen LogP contribution in [0.3, 0.4) is 0 Å². The van der Waals surface area contributed by atoms with Crippen molar-refractivity contribution in [3.05, 3.63) is 90.1 Å². The fraction of sp³-hybridized carbons (Fsp3) is 0.222. The van der Waals surface area contributed by atoms with Gasteiger partial charge in [-0.25, -0.2) is 17.9 Å². The Balaban J connectivity index is 1.37. The number of hydrogen-bond donors (Lipinski definition) is 1. The minimum atomic E-state index is -1.15. The highest BCUT2D eigenvalue weighted by molar-refractivity contribution is 6.00. The van der Waals surface area contributed by atoms with Crippen LogP contribution in [-0.2, 0) is 9.59 Å². The fourth-order valence-electron chi connectivity index (χ4n) is 4.89. The number of fused-ring (bicyclic) bond motifs is 1. The van der Waals surface area contributed by atoms with Crippen LogP contribution in [0, 0.1) is 17.6 Å². The molecule has 0 spiro atoms. The normalized spacial score (nSPS) is 23.3. The third-order valence-corrected chi connectivity index (χ3v) is 6.81. The monoisotopic (exact) mass is 490 g/mol. The molecule has 1 aliphatic heterocycles. The molecule has 6 nitrogen and oxygen atoms in total. The molecular weight excluding hydrogens is 469 g/mol. The largest absolute Gasteiger partial charge is 0.350 e. The maximum Gasteiger partial charge on any atom is 0.229 e. The van der Waals surface area contributed by atoms with Crippen molar-refractivity contribution in [1.29, 1.82) is 0 Å². The summed E-state index contributed by atoms with van der Waals surface area (Å²) in [6, 6.07) is 16.0. The van der Waals surface area contributed by atoms with Crippen LogP contribution in [0.2, 0.25) is 0 Å². The standard InChI is InChI=1S/C27H21F3N4O2/c28-17-3-1-15(2-4-17)26-23(32-27(36)21-12-22(21)30)13-25(35)33(26)20-9-10-24-16(11-20)14-31-34(24)19-7-5-18(29)6-8-19/h1-11,14,21-23,26H,12-13H2,(H,32,36)/t21-,22+,23-,26+/m0/s1. The number of carbonyl (C=O) groups is 2. The van der Waals surface area contributed by atoms with Gasteiger partial charge in [-0.05, 0) is 66.6 Å². The number of nitrogens with zero attached hydrogens (tertiary/aromatic N) is 3. The van der Waals surface area contributed by atoms with Gasteiger partial charge in [0.25, 0.3) is 0 Å². The second-order valence-corrected chi connectivity index (χ2v) is 9.21. The molecule has 1 saturated carbocycles. The van der Waals surface area contributed by atoms with Crippen molar-refractivity contribution in [2.45, 2.75) is 31.1 Å². The third-order valence-electron chi connectivity index (χ3n) is 6.81. The first-order chi connectivity index (χ1) is 17.4. The van der Waals surface area contributed by atoms with Gasteiger partial charge in [0.05, 0.1) is 35.4 Å². The number of amides is 2. The number of hydrogen-bond acceptors (Lipinski definition) is 3. The van der Waals surface area contributed by atoms with Gasteiger partial charge in [0, 0.05) is 17.5 Å². The SMILES string of the molecule is O=C(N[C@H]1CC(=O)N(c2ccc3c(cnn3-c3ccc(F)cc3)c2)[C@@H]1c1ccc(F)cc1)[C@H]1C[C@H]1F. The number of alkyl halides is 1. The topological polar surface area (TPSA) is 67.2 Å². The van der Waals surface area contributed by atoms with E-state index in [2.05, 4.69) is 10.4 Å². The maximum absolute atomic E-state index is 13.7. The van der Waals surface area contributed by atoms with E-state index in [1.54, 1.807) is 46.1 Å². The van der Waals surface area contributed by atoms with Crippen molar-refractivity contribution in [1.82, 2.24) is 15.1 Å². The van der Waals surface area contributed by atoms with Gasteiger partial charge in [-0.2, -0.15) is 5.10 Å². The molecule has 182 valence electrons. The van der Waals surface area contributed by atoms with E-state index in [4.69, 9.17) is 0 Å². The molecule has 1 aromatic heterocycles. The van der Waals surface area contributed by atoms with Crippen molar-refractivity contribution < 1.29 is 22.8 Å². The molecule has 2 aliphatic rings. The Morgan fingerprint density at radius 1 is 0.944 bits per heavy atom. The molecule has 9 heteroatoms. The van der Waals surface area contributed by atoms with Crippen molar-refractivity contribution in [3.8, 4) is 5.69 Å². The van der Waals surface area contributed by atoms with Gasteiger partial charge in [0.15, 0.2) is 0 Å². The molecule has 3 aromatic carbocycles. The maximum atomic E-state index is 13.7. The molecule has 1 aliphatic carbocycles. The van der Waals surface area contributed by atoms with E-state index in [1.165, 1.54) is 24.3 Å². The third kappa shape index (κ3) is 3.90. The highest BCUT2D eigenvalue weighted by atomic mass is 19.1. The van der Waals surface area contributed by atoms with Crippen LogP contribution in [0.25, 0.3) is 16.6 Å². The number of benzene rings is 3. The van der Waals surface area contributed by atoms with Crippen LogP contribution in [0.15, 0.2) is 72.9 Å². The molecular formula is C27H21F3N4O2. The summed E-state index contributed by atoms with van der Waals surface area (Å²) < 4.78 is 42.1. The van der Waals surface area contributed by atoms with Crippen LogP contribution in [0.4, 0.5) is 18.9 Å². The number of rotatable bonds is 5. The quantitative estimate of drug-likeness (QED) is 0.444. The van der Waals surface area contributed by atoms with Crippen LogP contribution in [0.1, 0.15) is 24.4 Å². The molecule has 2 heterocycles. The number of halogens is 3. The van der Waals surface area contributed by atoms with E-state index in [0.29, 0.717) is 16.9 Å². The van der Waals surface area contributed by atoms with Gasteiger partial charge in [0.2, 0.25) is 11.8 Å². The Kier molecular flexibility index (Phi) is 5.28. The van der Waals surface area contributed by atoms with Gasteiger partial charge in [-0.15, -0.1) is 0 Å². The van der Waals surface area contributed by atoms with E-state index in [1.807, 2.05) is 12.1 Å². The summed E-state index contributed by atoms with van der Waals surface area (Å²) in [6.45, 7) is 0. The van der Waals surface area contributed by atoms with Crippen LogP contribution in [0.5, 0.6) is 0 Å². The predicted octanol–water partition coefficient (Wildman–Crippen LogP) is 4.62. The number of carbonyl (C=O) groups excluding carboxylic acids is 2. The zero-order valence-corrected chi connectivity index (χ0v) is 18.9. The van der Waals surface area contributed by atoms with E-state index in [-0.39, 0.29) is 24.6 Å². The zero-order valence-electron chi connectivity index (χ0n) is 18.9.